The zero-order valence-electron chi connectivity index (χ0n) is 15.3. The number of ether oxygens (including phenoxy) is 3. The number of rotatable bonds is 10. The number of anilines is 1. The minimum absolute atomic E-state index is 0.0215. The smallest absolute Gasteiger partial charge is 0.387 e. The predicted octanol–water partition coefficient (Wildman–Crippen LogP) is 3.80. The number of carbonyl (C=O) groups excluding carboxylic acids is 2. The van der Waals surface area contributed by atoms with Crippen molar-refractivity contribution >= 4 is 17.6 Å². The molecule has 0 saturated heterocycles. The Bertz CT molecular complexity index is 780. The van der Waals surface area contributed by atoms with Gasteiger partial charge in [-0.3, -0.25) is 9.59 Å². The highest BCUT2D eigenvalue weighted by Crippen LogP contribution is 2.20. The molecular weight excluding hydrogens is 372 g/mol. The molecule has 0 saturated carbocycles. The van der Waals surface area contributed by atoms with E-state index < -0.39 is 25.1 Å². The summed E-state index contributed by atoms with van der Waals surface area (Å²) in [4.78, 5) is 23.7. The van der Waals surface area contributed by atoms with E-state index in [-0.39, 0.29) is 12.2 Å². The largest absolute Gasteiger partial charge is 0.494 e. The van der Waals surface area contributed by atoms with Crippen LogP contribution in [0.1, 0.15) is 18.9 Å². The first-order valence-electron chi connectivity index (χ1n) is 8.69. The van der Waals surface area contributed by atoms with Gasteiger partial charge in [0.2, 0.25) is 0 Å². The Labute approximate surface area is 161 Å². The van der Waals surface area contributed by atoms with Crippen LogP contribution in [-0.2, 0) is 20.7 Å². The number of nitrogens with one attached hydrogen (secondary N) is 1. The molecule has 150 valence electrons. The lowest BCUT2D eigenvalue weighted by Gasteiger charge is -2.10. The molecule has 0 aliphatic carbocycles. The van der Waals surface area contributed by atoms with Crippen molar-refractivity contribution < 1.29 is 32.6 Å². The third kappa shape index (κ3) is 7.22. The molecular formula is C20H21F2NO5. The molecule has 8 heteroatoms. The van der Waals surface area contributed by atoms with E-state index in [1.165, 1.54) is 24.3 Å². The van der Waals surface area contributed by atoms with E-state index >= 15 is 0 Å². The van der Waals surface area contributed by atoms with Gasteiger partial charge in [-0.25, -0.2) is 0 Å². The number of hydrogen-bond donors (Lipinski definition) is 1. The molecule has 0 aromatic heterocycles. The van der Waals surface area contributed by atoms with E-state index in [4.69, 9.17) is 9.47 Å². The summed E-state index contributed by atoms with van der Waals surface area (Å²) >= 11 is 0. The van der Waals surface area contributed by atoms with Crippen molar-refractivity contribution in [3.8, 4) is 11.5 Å². The Balaban J connectivity index is 1.74. The first-order chi connectivity index (χ1) is 13.5. The van der Waals surface area contributed by atoms with E-state index in [0.717, 1.165) is 11.3 Å². The van der Waals surface area contributed by atoms with Crippen LogP contribution >= 0.6 is 0 Å². The van der Waals surface area contributed by atoms with Gasteiger partial charge in [0.1, 0.15) is 11.5 Å². The van der Waals surface area contributed by atoms with Crippen LogP contribution in [0.4, 0.5) is 14.5 Å². The number of hydrogen-bond acceptors (Lipinski definition) is 5. The highest BCUT2D eigenvalue weighted by molar-refractivity contribution is 5.92. The van der Waals surface area contributed by atoms with Crippen molar-refractivity contribution in [1.82, 2.24) is 0 Å². The Morgan fingerprint density at radius 2 is 1.79 bits per heavy atom. The summed E-state index contributed by atoms with van der Waals surface area (Å²) in [6.45, 7) is -0.957. The average Bonchev–Trinajstić information content (AvgIpc) is 2.67. The van der Waals surface area contributed by atoms with E-state index in [0.29, 0.717) is 18.7 Å². The Hall–Kier alpha value is -3.16. The molecule has 0 spiro atoms. The number of amides is 1. The highest BCUT2D eigenvalue weighted by Gasteiger charge is 2.11. The minimum atomic E-state index is -2.92. The molecule has 2 aromatic rings. The molecule has 1 amide bonds. The van der Waals surface area contributed by atoms with Gasteiger partial charge in [0, 0.05) is 12.1 Å². The SMILES string of the molecule is CCOc1ccccc1CCC(=O)OCC(=O)Nc1ccc(OC(F)F)cc1. The summed E-state index contributed by atoms with van der Waals surface area (Å²) in [7, 11) is 0. The monoisotopic (exact) mass is 393 g/mol. The van der Waals surface area contributed by atoms with Gasteiger partial charge in [-0.2, -0.15) is 8.78 Å². The van der Waals surface area contributed by atoms with Crippen molar-refractivity contribution in [2.75, 3.05) is 18.5 Å². The second-order valence-electron chi connectivity index (χ2n) is 5.65. The van der Waals surface area contributed by atoms with Crippen molar-refractivity contribution in [3.05, 3.63) is 54.1 Å². The standard InChI is InChI=1S/C20H21F2NO5/c1-2-26-17-6-4-3-5-14(17)7-12-19(25)27-13-18(24)23-15-8-10-16(11-9-15)28-20(21)22/h3-6,8-11,20H,2,7,12-13H2,1H3,(H,23,24). The Morgan fingerprint density at radius 1 is 1.07 bits per heavy atom. The Morgan fingerprint density at radius 3 is 2.46 bits per heavy atom. The maximum absolute atomic E-state index is 12.1. The van der Waals surface area contributed by atoms with Gasteiger partial charge in [0.25, 0.3) is 5.91 Å². The Kier molecular flexibility index (Phi) is 8.20. The molecule has 1 N–H and O–H groups in total. The predicted molar refractivity (Wildman–Crippen MR) is 98.6 cm³/mol. The second-order valence-corrected chi connectivity index (χ2v) is 5.65. The molecule has 0 atom stereocenters. The van der Waals surface area contributed by atoms with Crippen LogP contribution in [0.5, 0.6) is 11.5 Å². The molecule has 0 heterocycles. The second kappa shape index (κ2) is 10.9. The summed E-state index contributed by atoms with van der Waals surface area (Å²) in [5.41, 5.74) is 1.25. The van der Waals surface area contributed by atoms with Crippen molar-refractivity contribution in [2.45, 2.75) is 26.4 Å². The molecule has 0 bridgehead atoms. The number of carbonyl (C=O) groups is 2. The summed E-state index contributed by atoms with van der Waals surface area (Å²) in [5, 5.41) is 2.50. The van der Waals surface area contributed by atoms with Gasteiger partial charge in [-0.1, -0.05) is 18.2 Å². The first kappa shape index (κ1) is 21.1. The van der Waals surface area contributed by atoms with E-state index in [1.807, 2.05) is 31.2 Å². The average molecular weight is 393 g/mol. The zero-order valence-corrected chi connectivity index (χ0v) is 15.3. The quantitative estimate of drug-likeness (QED) is 0.622. The molecule has 28 heavy (non-hydrogen) atoms. The number of benzene rings is 2. The lowest BCUT2D eigenvalue weighted by molar-refractivity contribution is -0.147. The lowest BCUT2D eigenvalue weighted by Crippen LogP contribution is -2.21. The number of alkyl halides is 2. The molecule has 2 rings (SSSR count). The first-order valence-corrected chi connectivity index (χ1v) is 8.69. The number of halogens is 2. The number of aryl methyl sites for hydroxylation is 1. The third-order valence-corrected chi connectivity index (χ3v) is 3.60. The van der Waals surface area contributed by atoms with Gasteiger partial charge >= 0.3 is 12.6 Å². The molecule has 0 aliphatic heterocycles. The summed E-state index contributed by atoms with van der Waals surface area (Å²) in [6, 6.07) is 12.8. The normalized spacial score (nSPS) is 10.4. The van der Waals surface area contributed by atoms with Crippen molar-refractivity contribution in [3.63, 3.8) is 0 Å². The van der Waals surface area contributed by atoms with Crippen LogP contribution in [0.2, 0.25) is 0 Å². The van der Waals surface area contributed by atoms with Gasteiger partial charge < -0.3 is 19.5 Å². The van der Waals surface area contributed by atoms with Crippen molar-refractivity contribution in [1.29, 1.82) is 0 Å². The summed E-state index contributed by atoms with van der Waals surface area (Å²) < 4.78 is 38.9. The topological polar surface area (TPSA) is 73.9 Å². The number of para-hydroxylation sites is 1. The van der Waals surface area contributed by atoms with Crippen LogP contribution in [0.3, 0.4) is 0 Å². The van der Waals surface area contributed by atoms with Gasteiger partial charge in [-0.05, 0) is 49.2 Å². The molecule has 2 aromatic carbocycles. The van der Waals surface area contributed by atoms with E-state index in [2.05, 4.69) is 10.1 Å². The zero-order chi connectivity index (χ0) is 20.4. The third-order valence-electron chi connectivity index (χ3n) is 3.60. The molecule has 0 aliphatic rings. The molecule has 0 unspecified atom stereocenters. The van der Waals surface area contributed by atoms with Gasteiger partial charge in [0.15, 0.2) is 6.61 Å². The van der Waals surface area contributed by atoms with E-state index in [9.17, 15) is 18.4 Å². The van der Waals surface area contributed by atoms with Crippen LogP contribution in [0.15, 0.2) is 48.5 Å². The summed E-state index contributed by atoms with van der Waals surface area (Å²) in [6.07, 6.45) is 0.541. The van der Waals surface area contributed by atoms with Crippen LogP contribution in [-0.4, -0.2) is 31.7 Å². The van der Waals surface area contributed by atoms with E-state index in [1.54, 1.807) is 0 Å². The van der Waals surface area contributed by atoms with Crippen LogP contribution < -0.4 is 14.8 Å². The fourth-order valence-corrected chi connectivity index (χ4v) is 2.38. The molecule has 0 radical (unpaired) electrons. The number of esters is 1. The van der Waals surface area contributed by atoms with Gasteiger partial charge in [-0.15, -0.1) is 0 Å². The van der Waals surface area contributed by atoms with Crippen molar-refractivity contribution in [2.24, 2.45) is 0 Å². The molecule has 6 nitrogen and oxygen atoms in total. The molecule has 0 fully saturated rings. The van der Waals surface area contributed by atoms with Gasteiger partial charge in [0.05, 0.1) is 6.61 Å². The minimum Gasteiger partial charge on any atom is -0.494 e. The maximum atomic E-state index is 12.1. The lowest BCUT2D eigenvalue weighted by atomic mass is 10.1. The maximum Gasteiger partial charge on any atom is 0.387 e. The fraction of sp³-hybridized carbons (Fsp3) is 0.300. The summed E-state index contributed by atoms with van der Waals surface area (Å²) in [5.74, 6) is -0.353. The fourth-order valence-electron chi connectivity index (χ4n) is 2.38. The van der Waals surface area contributed by atoms with Crippen LogP contribution in [0.25, 0.3) is 0 Å². The van der Waals surface area contributed by atoms with Crippen LogP contribution in [0, 0.1) is 0 Å². The highest BCUT2D eigenvalue weighted by atomic mass is 19.3.